The summed E-state index contributed by atoms with van der Waals surface area (Å²) in [4.78, 5) is 14.1. The summed E-state index contributed by atoms with van der Waals surface area (Å²) < 4.78 is 26.2. The lowest BCUT2D eigenvalue weighted by atomic mass is 9.97. The summed E-state index contributed by atoms with van der Waals surface area (Å²) in [5, 5.41) is 10.4. The van der Waals surface area contributed by atoms with Gasteiger partial charge in [0.2, 0.25) is 0 Å². The molecule has 1 aromatic carbocycles. The highest BCUT2D eigenvalue weighted by molar-refractivity contribution is 7.11. The number of carbonyl (C=O) groups excluding carboxylic acids is 1. The van der Waals surface area contributed by atoms with E-state index in [9.17, 15) is 13.6 Å². The van der Waals surface area contributed by atoms with Gasteiger partial charge in [0.25, 0.3) is 5.91 Å². The third kappa shape index (κ3) is 3.39. The van der Waals surface area contributed by atoms with Crippen LogP contribution in [0.2, 0.25) is 0 Å². The van der Waals surface area contributed by atoms with Crippen molar-refractivity contribution in [3.63, 3.8) is 0 Å². The molecule has 2 heterocycles. The standard InChI is InChI=1S/C16H17F2N3OS/c1-2-14-19-20-15(23-14)10-5-7-21(8-6-10)16(22)11-3-4-12(17)13(18)9-11/h3-4,9-10H,2,5-8H2,1H3. The second-order valence-electron chi connectivity index (χ2n) is 5.58. The number of benzene rings is 1. The molecule has 3 rings (SSSR count). The van der Waals surface area contributed by atoms with Crippen molar-refractivity contribution in [1.29, 1.82) is 0 Å². The molecule has 4 nitrogen and oxygen atoms in total. The Labute approximate surface area is 137 Å². The van der Waals surface area contributed by atoms with Gasteiger partial charge in [-0.15, -0.1) is 21.5 Å². The number of aromatic nitrogens is 2. The van der Waals surface area contributed by atoms with Gasteiger partial charge in [0.05, 0.1) is 0 Å². The van der Waals surface area contributed by atoms with Crippen molar-refractivity contribution in [2.24, 2.45) is 0 Å². The van der Waals surface area contributed by atoms with E-state index in [2.05, 4.69) is 10.2 Å². The van der Waals surface area contributed by atoms with Crippen LogP contribution in [0.3, 0.4) is 0 Å². The van der Waals surface area contributed by atoms with Crippen LogP contribution in [0.4, 0.5) is 8.78 Å². The number of piperidine rings is 1. The maximum atomic E-state index is 13.3. The number of halogens is 2. The van der Waals surface area contributed by atoms with Crippen LogP contribution in [0.15, 0.2) is 18.2 Å². The molecule has 1 amide bonds. The summed E-state index contributed by atoms with van der Waals surface area (Å²) in [6.45, 7) is 3.22. The van der Waals surface area contributed by atoms with E-state index in [4.69, 9.17) is 0 Å². The predicted molar refractivity (Wildman–Crippen MR) is 83.5 cm³/mol. The van der Waals surface area contributed by atoms with E-state index in [0.717, 1.165) is 41.4 Å². The Hall–Kier alpha value is -1.89. The molecule has 2 aromatic rings. The van der Waals surface area contributed by atoms with Crippen molar-refractivity contribution in [2.45, 2.75) is 32.1 Å². The molecule has 0 aliphatic carbocycles. The highest BCUT2D eigenvalue weighted by Gasteiger charge is 2.27. The second kappa shape index (κ2) is 6.70. The first-order valence-electron chi connectivity index (χ1n) is 7.65. The van der Waals surface area contributed by atoms with Crippen LogP contribution in [0.5, 0.6) is 0 Å². The minimum absolute atomic E-state index is 0.187. The molecule has 0 N–H and O–H groups in total. The lowest BCUT2D eigenvalue weighted by Crippen LogP contribution is -2.38. The molecule has 0 atom stereocenters. The lowest BCUT2D eigenvalue weighted by molar-refractivity contribution is 0.0712. The van der Waals surface area contributed by atoms with E-state index in [1.54, 1.807) is 16.2 Å². The van der Waals surface area contributed by atoms with Gasteiger partial charge in [-0.1, -0.05) is 6.92 Å². The normalized spacial score (nSPS) is 15.9. The Morgan fingerprint density at radius 3 is 2.61 bits per heavy atom. The summed E-state index contributed by atoms with van der Waals surface area (Å²) in [7, 11) is 0. The monoisotopic (exact) mass is 337 g/mol. The molecule has 1 aliphatic heterocycles. The van der Waals surface area contributed by atoms with Gasteiger partial charge < -0.3 is 4.90 Å². The van der Waals surface area contributed by atoms with Crippen LogP contribution < -0.4 is 0 Å². The number of hydrogen-bond acceptors (Lipinski definition) is 4. The van der Waals surface area contributed by atoms with Crippen molar-refractivity contribution in [1.82, 2.24) is 15.1 Å². The Kier molecular flexibility index (Phi) is 4.66. The highest BCUT2D eigenvalue weighted by atomic mass is 32.1. The second-order valence-corrected chi connectivity index (χ2v) is 6.68. The summed E-state index contributed by atoms with van der Waals surface area (Å²) in [6.07, 6.45) is 2.51. The molecule has 0 bridgehead atoms. The van der Waals surface area contributed by atoms with Gasteiger partial charge in [-0.25, -0.2) is 8.78 Å². The van der Waals surface area contributed by atoms with Gasteiger partial charge in [0.15, 0.2) is 11.6 Å². The zero-order valence-electron chi connectivity index (χ0n) is 12.8. The van der Waals surface area contributed by atoms with Crippen LogP contribution in [0, 0.1) is 11.6 Å². The number of nitrogens with zero attached hydrogens (tertiary/aromatic N) is 3. The topological polar surface area (TPSA) is 46.1 Å². The van der Waals surface area contributed by atoms with Crippen LogP contribution in [-0.2, 0) is 6.42 Å². The Balaban J connectivity index is 1.63. The molecule has 0 spiro atoms. The van der Waals surface area contributed by atoms with E-state index in [1.165, 1.54) is 6.07 Å². The first-order valence-corrected chi connectivity index (χ1v) is 8.46. The molecule has 0 unspecified atom stereocenters. The molecule has 1 aromatic heterocycles. The van der Waals surface area contributed by atoms with E-state index >= 15 is 0 Å². The number of hydrogen-bond donors (Lipinski definition) is 0. The van der Waals surface area contributed by atoms with E-state index in [-0.39, 0.29) is 11.5 Å². The fourth-order valence-electron chi connectivity index (χ4n) is 2.72. The molecular weight excluding hydrogens is 320 g/mol. The van der Waals surface area contributed by atoms with Gasteiger partial charge in [-0.05, 0) is 37.5 Å². The van der Waals surface area contributed by atoms with Gasteiger partial charge in [-0.2, -0.15) is 0 Å². The molecule has 1 fully saturated rings. The molecule has 7 heteroatoms. The molecule has 1 saturated heterocycles. The number of likely N-dealkylation sites (tertiary alicyclic amines) is 1. The fraction of sp³-hybridized carbons (Fsp3) is 0.438. The van der Waals surface area contributed by atoms with Crippen molar-refractivity contribution in [3.8, 4) is 0 Å². The maximum absolute atomic E-state index is 13.3. The van der Waals surface area contributed by atoms with E-state index in [0.29, 0.717) is 19.0 Å². The summed E-state index contributed by atoms with van der Waals surface area (Å²) in [5.41, 5.74) is 0.187. The number of amides is 1. The van der Waals surface area contributed by atoms with Crippen LogP contribution in [-0.4, -0.2) is 34.1 Å². The average Bonchev–Trinajstić information content (AvgIpc) is 3.06. The van der Waals surface area contributed by atoms with Gasteiger partial charge >= 0.3 is 0 Å². The predicted octanol–water partition coefficient (Wildman–Crippen LogP) is 3.40. The van der Waals surface area contributed by atoms with Gasteiger partial charge in [0.1, 0.15) is 10.0 Å². The first kappa shape index (κ1) is 16.0. The number of aryl methyl sites for hydroxylation is 1. The first-order chi connectivity index (χ1) is 11.1. The molecule has 122 valence electrons. The zero-order chi connectivity index (χ0) is 16.4. The highest BCUT2D eigenvalue weighted by Crippen LogP contribution is 2.30. The molecule has 23 heavy (non-hydrogen) atoms. The zero-order valence-corrected chi connectivity index (χ0v) is 13.6. The van der Waals surface area contributed by atoms with Gasteiger partial charge in [-0.3, -0.25) is 4.79 Å². The number of carbonyl (C=O) groups is 1. The van der Waals surface area contributed by atoms with Gasteiger partial charge in [0, 0.05) is 24.6 Å². The summed E-state index contributed by atoms with van der Waals surface area (Å²) in [6, 6.07) is 3.27. The molecule has 0 saturated carbocycles. The van der Waals surface area contributed by atoms with Crippen molar-refractivity contribution < 1.29 is 13.6 Å². The average molecular weight is 337 g/mol. The van der Waals surface area contributed by atoms with Crippen LogP contribution >= 0.6 is 11.3 Å². The number of rotatable bonds is 3. The molecule has 0 radical (unpaired) electrons. The Morgan fingerprint density at radius 2 is 2.00 bits per heavy atom. The fourth-order valence-corrected chi connectivity index (χ4v) is 3.67. The summed E-state index contributed by atoms with van der Waals surface area (Å²) >= 11 is 1.63. The summed E-state index contributed by atoms with van der Waals surface area (Å²) in [5.74, 6) is -1.87. The van der Waals surface area contributed by atoms with Crippen molar-refractivity contribution in [3.05, 3.63) is 45.4 Å². The molecule has 1 aliphatic rings. The third-order valence-corrected chi connectivity index (χ3v) is 5.31. The minimum Gasteiger partial charge on any atom is -0.339 e. The minimum atomic E-state index is -0.994. The van der Waals surface area contributed by atoms with Crippen molar-refractivity contribution >= 4 is 17.2 Å². The van der Waals surface area contributed by atoms with Crippen molar-refractivity contribution in [2.75, 3.05) is 13.1 Å². The van der Waals surface area contributed by atoms with Crippen LogP contribution in [0.25, 0.3) is 0 Å². The lowest BCUT2D eigenvalue weighted by Gasteiger charge is -2.31. The SMILES string of the molecule is CCc1nnc(C2CCN(C(=O)c3ccc(F)c(F)c3)CC2)s1. The largest absolute Gasteiger partial charge is 0.339 e. The Morgan fingerprint density at radius 1 is 1.26 bits per heavy atom. The molecular formula is C16H17F2N3OS. The van der Waals surface area contributed by atoms with E-state index < -0.39 is 11.6 Å². The smallest absolute Gasteiger partial charge is 0.253 e. The maximum Gasteiger partial charge on any atom is 0.253 e. The Bertz CT molecular complexity index is 711. The van der Waals surface area contributed by atoms with Crippen LogP contribution in [0.1, 0.15) is 46.1 Å². The van der Waals surface area contributed by atoms with E-state index in [1.807, 2.05) is 6.92 Å². The quantitative estimate of drug-likeness (QED) is 0.862. The third-order valence-electron chi connectivity index (χ3n) is 4.08.